The second kappa shape index (κ2) is 13.2. The predicted octanol–water partition coefficient (Wildman–Crippen LogP) is 6.48. The molecular weight excluding hydrogens is 282 g/mol. The first-order chi connectivity index (χ1) is 11.2. The summed E-state index contributed by atoms with van der Waals surface area (Å²) in [5.41, 5.74) is 1.82. The second-order valence-corrected chi connectivity index (χ2v) is 7.01. The number of hydrogen-bond acceptors (Lipinski definition) is 1. The topological polar surface area (TPSA) is 32.9 Å². The van der Waals surface area contributed by atoms with Crippen LogP contribution in [0.4, 0.5) is 0 Å². The van der Waals surface area contributed by atoms with Crippen LogP contribution in [0.3, 0.4) is 0 Å². The second-order valence-electron chi connectivity index (χ2n) is 7.01. The molecule has 2 heteroatoms. The fourth-order valence-electron chi connectivity index (χ4n) is 2.85. The van der Waals surface area contributed by atoms with Crippen molar-refractivity contribution in [2.24, 2.45) is 5.92 Å². The summed E-state index contributed by atoms with van der Waals surface area (Å²) >= 11 is 0. The molecule has 0 aromatic carbocycles. The van der Waals surface area contributed by atoms with Crippen LogP contribution in [0, 0.1) is 5.92 Å². The minimum absolute atomic E-state index is 0.674. The summed E-state index contributed by atoms with van der Waals surface area (Å²) in [5, 5.41) is 0. The summed E-state index contributed by atoms with van der Waals surface area (Å²) in [4.78, 5) is 13.7. The van der Waals surface area contributed by atoms with Crippen molar-refractivity contribution >= 4 is 6.29 Å². The third-order valence-electron chi connectivity index (χ3n) is 4.30. The van der Waals surface area contributed by atoms with Crippen LogP contribution in [0.25, 0.3) is 0 Å². The molecule has 1 aromatic heterocycles. The Morgan fingerprint density at radius 2 is 1.57 bits per heavy atom. The molecule has 0 saturated carbocycles. The Kier molecular flexibility index (Phi) is 11.3. The summed E-state index contributed by atoms with van der Waals surface area (Å²) in [7, 11) is 0. The molecule has 1 rings (SSSR count). The SMILES string of the molecule is CC(C)CCCCCCCCC/C=C\CCc1ccc(C=O)[nH]1. The van der Waals surface area contributed by atoms with E-state index >= 15 is 0 Å². The molecule has 0 bridgehead atoms. The minimum atomic E-state index is 0.674. The number of unbranched alkanes of at least 4 members (excludes halogenated alkanes) is 7. The highest BCUT2D eigenvalue weighted by Gasteiger charge is 1.96. The number of rotatable bonds is 14. The van der Waals surface area contributed by atoms with Gasteiger partial charge in [0, 0.05) is 5.69 Å². The Morgan fingerprint density at radius 1 is 0.913 bits per heavy atom. The lowest BCUT2D eigenvalue weighted by Gasteiger charge is -2.04. The van der Waals surface area contributed by atoms with Gasteiger partial charge in [-0.2, -0.15) is 0 Å². The lowest BCUT2D eigenvalue weighted by molar-refractivity contribution is 0.111. The molecule has 0 aliphatic rings. The molecule has 0 radical (unpaired) electrons. The van der Waals surface area contributed by atoms with Gasteiger partial charge >= 0.3 is 0 Å². The van der Waals surface area contributed by atoms with Gasteiger partial charge in [0.2, 0.25) is 0 Å². The zero-order valence-corrected chi connectivity index (χ0v) is 15.2. The number of aromatic nitrogens is 1. The van der Waals surface area contributed by atoms with Crippen molar-refractivity contribution < 1.29 is 4.79 Å². The number of allylic oxidation sites excluding steroid dienone is 2. The van der Waals surface area contributed by atoms with E-state index in [9.17, 15) is 4.79 Å². The fourth-order valence-corrected chi connectivity index (χ4v) is 2.85. The molecule has 0 aliphatic heterocycles. The van der Waals surface area contributed by atoms with Gasteiger partial charge < -0.3 is 4.98 Å². The average molecular weight is 318 g/mol. The standard InChI is InChI=1S/C21H35NO/c1-19(2)14-12-10-8-6-4-3-5-7-9-11-13-15-20-16-17-21(18-23)22-20/h9,11,16-19,22H,3-8,10,12-15H2,1-2H3/b11-9-. The zero-order chi connectivity index (χ0) is 16.8. The first-order valence-electron chi connectivity index (χ1n) is 9.50. The van der Waals surface area contributed by atoms with Crippen LogP contribution in [0.5, 0.6) is 0 Å². The molecule has 0 aliphatic carbocycles. The lowest BCUT2D eigenvalue weighted by atomic mass is 10.0. The van der Waals surface area contributed by atoms with E-state index in [0.29, 0.717) is 5.69 Å². The Bertz CT molecular complexity index is 431. The first kappa shape index (κ1) is 19.7. The molecule has 0 saturated heterocycles. The number of H-pyrrole nitrogens is 1. The first-order valence-corrected chi connectivity index (χ1v) is 9.50. The number of aromatic amines is 1. The number of aryl methyl sites for hydroxylation is 1. The highest BCUT2D eigenvalue weighted by molar-refractivity contribution is 5.71. The van der Waals surface area contributed by atoms with Crippen molar-refractivity contribution in [1.82, 2.24) is 4.98 Å². The zero-order valence-electron chi connectivity index (χ0n) is 15.2. The molecule has 23 heavy (non-hydrogen) atoms. The average Bonchev–Trinajstić information content (AvgIpc) is 2.99. The summed E-state index contributed by atoms with van der Waals surface area (Å²) < 4.78 is 0. The highest BCUT2D eigenvalue weighted by Crippen LogP contribution is 2.12. The van der Waals surface area contributed by atoms with Gasteiger partial charge in [0.05, 0.1) is 5.69 Å². The highest BCUT2D eigenvalue weighted by atomic mass is 16.1. The van der Waals surface area contributed by atoms with Gasteiger partial charge in [-0.3, -0.25) is 4.79 Å². The van der Waals surface area contributed by atoms with Crippen LogP contribution < -0.4 is 0 Å². The van der Waals surface area contributed by atoms with E-state index in [1.54, 1.807) is 0 Å². The predicted molar refractivity (Wildman–Crippen MR) is 100 cm³/mol. The van der Waals surface area contributed by atoms with Gasteiger partial charge in [0.1, 0.15) is 0 Å². The van der Waals surface area contributed by atoms with Crippen LogP contribution in [0.1, 0.15) is 94.2 Å². The van der Waals surface area contributed by atoms with Crippen LogP contribution in [-0.2, 0) is 6.42 Å². The Balaban J connectivity index is 1.86. The summed E-state index contributed by atoms with van der Waals surface area (Å²) in [6, 6.07) is 3.84. The van der Waals surface area contributed by atoms with Gasteiger partial charge in [-0.1, -0.05) is 70.9 Å². The van der Waals surface area contributed by atoms with Crippen molar-refractivity contribution in [2.45, 2.75) is 84.5 Å². The van der Waals surface area contributed by atoms with E-state index < -0.39 is 0 Å². The molecule has 1 aromatic rings. The third-order valence-corrected chi connectivity index (χ3v) is 4.30. The summed E-state index contributed by atoms with van der Waals surface area (Å²) in [5.74, 6) is 0.867. The van der Waals surface area contributed by atoms with E-state index in [1.807, 2.05) is 12.1 Å². The van der Waals surface area contributed by atoms with Gasteiger partial charge in [-0.25, -0.2) is 0 Å². The molecule has 2 nitrogen and oxygen atoms in total. The number of nitrogens with one attached hydrogen (secondary N) is 1. The van der Waals surface area contributed by atoms with E-state index in [4.69, 9.17) is 0 Å². The minimum Gasteiger partial charge on any atom is -0.356 e. The van der Waals surface area contributed by atoms with Crippen LogP contribution in [-0.4, -0.2) is 11.3 Å². The summed E-state index contributed by atoms with van der Waals surface area (Å²) in [6.45, 7) is 4.63. The lowest BCUT2D eigenvalue weighted by Crippen LogP contribution is -1.87. The summed E-state index contributed by atoms with van der Waals surface area (Å²) in [6.07, 6.45) is 19.8. The Hall–Kier alpha value is -1.31. The van der Waals surface area contributed by atoms with Crippen molar-refractivity contribution in [3.8, 4) is 0 Å². The van der Waals surface area contributed by atoms with E-state index in [1.165, 1.54) is 57.8 Å². The molecular formula is C21H35NO. The largest absolute Gasteiger partial charge is 0.356 e. The van der Waals surface area contributed by atoms with E-state index in [0.717, 1.165) is 30.7 Å². The number of hydrogen-bond donors (Lipinski definition) is 1. The van der Waals surface area contributed by atoms with E-state index in [-0.39, 0.29) is 0 Å². The quantitative estimate of drug-likeness (QED) is 0.238. The van der Waals surface area contributed by atoms with Gasteiger partial charge in [-0.05, 0) is 43.7 Å². The Morgan fingerprint density at radius 3 is 2.22 bits per heavy atom. The van der Waals surface area contributed by atoms with Crippen molar-refractivity contribution in [3.63, 3.8) is 0 Å². The molecule has 1 heterocycles. The van der Waals surface area contributed by atoms with E-state index in [2.05, 4.69) is 31.0 Å². The molecule has 130 valence electrons. The molecule has 0 spiro atoms. The van der Waals surface area contributed by atoms with Gasteiger partial charge in [-0.15, -0.1) is 0 Å². The maximum Gasteiger partial charge on any atom is 0.166 e. The molecule has 0 atom stereocenters. The Labute approximate surface area is 142 Å². The molecule has 0 amide bonds. The maximum atomic E-state index is 10.6. The van der Waals surface area contributed by atoms with Crippen LogP contribution in [0.15, 0.2) is 24.3 Å². The van der Waals surface area contributed by atoms with Gasteiger partial charge in [0.25, 0.3) is 0 Å². The number of carbonyl (C=O) groups is 1. The smallest absolute Gasteiger partial charge is 0.166 e. The molecule has 1 N–H and O–H groups in total. The van der Waals surface area contributed by atoms with Gasteiger partial charge in [0.15, 0.2) is 6.29 Å². The molecule has 0 unspecified atom stereocenters. The molecule has 0 fully saturated rings. The van der Waals surface area contributed by atoms with Crippen LogP contribution >= 0.6 is 0 Å². The number of aldehydes is 1. The monoisotopic (exact) mass is 317 g/mol. The fraction of sp³-hybridized carbons (Fsp3) is 0.667. The van der Waals surface area contributed by atoms with Crippen LogP contribution in [0.2, 0.25) is 0 Å². The number of carbonyl (C=O) groups excluding carboxylic acids is 1. The third kappa shape index (κ3) is 11.0. The van der Waals surface area contributed by atoms with Crippen molar-refractivity contribution in [2.75, 3.05) is 0 Å². The maximum absolute atomic E-state index is 10.6. The van der Waals surface area contributed by atoms with Crippen molar-refractivity contribution in [3.05, 3.63) is 35.7 Å². The van der Waals surface area contributed by atoms with Crippen molar-refractivity contribution in [1.29, 1.82) is 0 Å². The normalized spacial score (nSPS) is 11.6.